The third-order valence-corrected chi connectivity index (χ3v) is 4.98. The van der Waals surface area contributed by atoms with E-state index < -0.39 is 6.09 Å². The SMILES string of the molecule is COC(=O)Nc1nc2cc(Oc3ccc(Br)c4ccccc34)c(Cl)cc2[nH]1. The molecule has 0 unspecified atom stereocenters. The number of rotatable bonds is 3. The van der Waals surface area contributed by atoms with Gasteiger partial charge in [0.05, 0.1) is 23.2 Å². The molecule has 4 rings (SSSR count). The molecule has 0 radical (unpaired) electrons. The molecule has 136 valence electrons. The highest BCUT2D eigenvalue weighted by molar-refractivity contribution is 9.10. The Morgan fingerprint density at radius 2 is 1.93 bits per heavy atom. The molecular formula is C19H13BrClN3O3. The van der Waals surface area contributed by atoms with Crippen LogP contribution in [0.3, 0.4) is 0 Å². The normalized spacial score (nSPS) is 10.9. The molecule has 0 aliphatic carbocycles. The van der Waals surface area contributed by atoms with E-state index in [1.165, 1.54) is 7.11 Å². The Bertz CT molecular complexity index is 1180. The summed E-state index contributed by atoms with van der Waals surface area (Å²) < 4.78 is 11.6. The molecule has 0 aliphatic heterocycles. The van der Waals surface area contributed by atoms with Crippen LogP contribution >= 0.6 is 27.5 Å². The van der Waals surface area contributed by atoms with Gasteiger partial charge in [-0.2, -0.15) is 0 Å². The zero-order valence-corrected chi connectivity index (χ0v) is 16.4. The van der Waals surface area contributed by atoms with E-state index in [1.807, 2.05) is 36.4 Å². The van der Waals surface area contributed by atoms with Crippen LogP contribution in [-0.2, 0) is 4.74 Å². The zero-order valence-electron chi connectivity index (χ0n) is 14.0. The average molecular weight is 447 g/mol. The van der Waals surface area contributed by atoms with Crippen molar-refractivity contribution in [3.63, 3.8) is 0 Å². The highest BCUT2D eigenvalue weighted by Crippen LogP contribution is 2.38. The Kier molecular flexibility index (Phi) is 4.63. The van der Waals surface area contributed by atoms with Crippen molar-refractivity contribution in [3.8, 4) is 11.5 Å². The number of aromatic amines is 1. The van der Waals surface area contributed by atoms with E-state index >= 15 is 0 Å². The van der Waals surface area contributed by atoms with Crippen molar-refractivity contribution >= 4 is 61.4 Å². The molecule has 27 heavy (non-hydrogen) atoms. The van der Waals surface area contributed by atoms with E-state index in [-0.39, 0.29) is 5.95 Å². The second-order valence-corrected chi connectivity index (χ2v) is 6.96. The molecule has 0 fully saturated rings. The van der Waals surface area contributed by atoms with Crippen LogP contribution in [0.25, 0.3) is 21.8 Å². The lowest BCUT2D eigenvalue weighted by atomic mass is 10.1. The maximum absolute atomic E-state index is 11.3. The minimum absolute atomic E-state index is 0.263. The Labute approximate surface area is 167 Å². The average Bonchev–Trinajstić information content (AvgIpc) is 3.05. The maximum Gasteiger partial charge on any atom is 0.413 e. The second-order valence-electron chi connectivity index (χ2n) is 5.69. The molecule has 0 spiro atoms. The number of imidazole rings is 1. The molecule has 0 atom stereocenters. The summed E-state index contributed by atoms with van der Waals surface area (Å²) in [6, 6.07) is 15.1. The van der Waals surface area contributed by atoms with Crippen LogP contribution in [0, 0.1) is 0 Å². The molecule has 1 heterocycles. The summed E-state index contributed by atoms with van der Waals surface area (Å²) in [6.07, 6.45) is -0.613. The maximum atomic E-state index is 11.3. The number of anilines is 1. The summed E-state index contributed by atoms with van der Waals surface area (Å²) >= 11 is 9.94. The number of amides is 1. The van der Waals surface area contributed by atoms with Gasteiger partial charge in [0, 0.05) is 15.9 Å². The molecule has 0 saturated heterocycles. The van der Waals surface area contributed by atoms with Crippen LogP contribution < -0.4 is 10.1 Å². The van der Waals surface area contributed by atoms with E-state index in [9.17, 15) is 4.79 Å². The summed E-state index contributed by atoms with van der Waals surface area (Å²) in [5.41, 5.74) is 1.27. The van der Waals surface area contributed by atoms with Gasteiger partial charge in [0.15, 0.2) is 0 Å². The van der Waals surface area contributed by atoms with Gasteiger partial charge in [-0.3, -0.25) is 5.32 Å². The third-order valence-electron chi connectivity index (χ3n) is 3.99. The Hall–Kier alpha value is -2.77. The van der Waals surface area contributed by atoms with E-state index in [2.05, 4.69) is 36.0 Å². The van der Waals surface area contributed by atoms with Crippen molar-refractivity contribution in [2.75, 3.05) is 12.4 Å². The predicted octanol–water partition coefficient (Wildman–Crippen LogP) is 6.10. The molecule has 8 heteroatoms. The summed E-state index contributed by atoms with van der Waals surface area (Å²) in [7, 11) is 1.28. The van der Waals surface area contributed by atoms with Crippen LogP contribution in [0.2, 0.25) is 5.02 Å². The summed E-state index contributed by atoms with van der Waals surface area (Å²) in [4.78, 5) is 18.6. The van der Waals surface area contributed by atoms with E-state index in [0.717, 1.165) is 15.2 Å². The standard InChI is InChI=1S/C19H13BrClN3O3/c1-26-19(25)24-18-22-14-8-13(21)17(9-15(14)23-18)27-16-7-6-12(20)10-4-2-3-5-11(10)16/h2-9H,1H3,(H2,22,23,24,25). The number of benzene rings is 3. The lowest BCUT2D eigenvalue weighted by Crippen LogP contribution is -2.11. The number of nitrogens with one attached hydrogen (secondary N) is 2. The Morgan fingerprint density at radius 1 is 1.15 bits per heavy atom. The van der Waals surface area contributed by atoms with Crippen molar-refractivity contribution in [1.29, 1.82) is 0 Å². The minimum Gasteiger partial charge on any atom is -0.455 e. The zero-order chi connectivity index (χ0) is 19.0. The summed E-state index contributed by atoms with van der Waals surface area (Å²) in [6.45, 7) is 0. The number of carbonyl (C=O) groups is 1. The molecule has 2 N–H and O–H groups in total. The smallest absolute Gasteiger partial charge is 0.413 e. The van der Waals surface area contributed by atoms with E-state index in [1.54, 1.807) is 12.1 Å². The fourth-order valence-corrected chi connectivity index (χ4v) is 3.42. The first-order valence-electron chi connectivity index (χ1n) is 7.94. The van der Waals surface area contributed by atoms with Gasteiger partial charge in [0.2, 0.25) is 5.95 Å². The van der Waals surface area contributed by atoms with E-state index in [4.69, 9.17) is 16.3 Å². The van der Waals surface area contributed by atoms with Gasteiger partial charge in [-0.1, -0.05) is 51.8 Å². The van der Waals surface area contributed by atoms with Gasteiger partial charge in [-0.25, -0.2) is 9.78 Å². The number of hydrogen-bond donors (Lipinski definition) is 2. The molecule has 1 aromatic heterocycles. The summed E-state index contributed by atoms with van der Waals surface area (Å²) in [5, 5.41) is 4.90. The highest BCUT2D eigenvalue weighted by Gasteiger charge is 2.13. The first-order valence-corrected chi connectivity index (χ1v) is 9.11. The lowest BCUT2D eigenvalue weighted by molar-refractivity contribution is 0.186. The molecule has 3 aromatic carbocycles. The van der Waals surface area contributed by atoms with E-state index in [0.29, 0.717) is 27.6 Å². The molecular weight excluding hydrogens is 434 g/mol. The number of ether oxygens (including phenoxy) is 2. The van der Waals surface area contributed by atoms with Crippen LogP contribution in [-0.4, -0.2) is 23.2 Å². The van der Waals surface area contributed by atoms with Crippen LogP contribution in [0.15, 0.2) is 53.0 Å². The van der Waals surface area contributed by atoms with Gasteiger partial charge >= 0.3 is 6.09 Å². The number of carbonyl (C=O) groups excluding carboxylic acids is 1. The fraction of sp³-hybridized carbons (Fsp3) is 0.0526. The number of halogens is 2. The van der Waals surface area contributed by atoms with Gasteiger partial charge in [0.1, 0.15) is 11.5 Å². The predicted molar refractivity (Wildman–Crippen MR) is 109 cm³/mol. The molecule has 0 saturated carbocycles. The number of H-pyrrole nitrogens is 1. The number of nitrogens with zero attached hydrogens (tertiary/aromatic N) is 1. The number of methoxy groups -OCH3 is 1. The lowest BCUT2D eigenvalue weighted by Gasteiger charge is -2.11. The molecule has 1 amide bonds. The van der Waals surface area contributed by atoms with Crippen molar-refractivity contribution in [2.24, 2.45) is 0 Å². The largest absolute Gasteiger partial charge is 0.455 e. The minimum atomic E-state index is -0.613. The van der Waals surface area contributed by atoms with Gasteiger partial charge < -0.3 is 14.5 Å². The topological polar surface area (TPSA) is 76.2 Å². The fourth-order valence-electron chi connectivity index (χ4n) is 2.74. The number of aromatic nitrogens is 2. The molecule has 6 nitrogen and oxygen atoms in total. The Balaban J connectivity index is 1.73. The number of fused-ring (bicyclic) bond motifs is 2. The number of hydrogen-bond acceptors (Lipinski definition) is 4. The second kappa shape index (κ2) is 7.09. The highest BCUT2D eigenvalue weighted by atomic mass is 79.9. The van der Waals surface area contributed by atoms with Crippen LogP contribution in [0.4, 0.5) is 10.7 Å². The van der Waals surface area contributed by atoms with Crippen molar-refractivity contribution < 1.29 is 14.3 Å². The first kappa shape index (κ1) is 17.6. The van der Waals surface area contributed by atoms with Crippen molar-refractivity contribution in [2.45, 2.75) is 0 Å². The first-order chi connectivity index (χ1) is 13.0. The quantitative estimate of drug-likeness (QED) is 0.398. The summed E-state index contributed by atoms with van der Waals surface area (Å²) in [5.74, 6) is 1.41. The Morgan fingerprint density at radius 3 is 2.70 bits per heavy atom. The molecule has 4 aromatic rings. The van der Waals surface area contributed by atoms with Gasteiger partial charge in [-0.15, -0.1) is 0 Å². The third kappa shape index (κ3) is 3.43. The van der Waals surface area contributed by atoms with Gasteiger partial charge in [0.25, 0.3) is 0 Å². The van der Waals surface area contributed by atoms with Crippen molar-refractivity contribution in [1.82, 2.24) is 9.97 Å². The molecule has 0 aliphatic rings. The van der Waals surface area contributed by atoms with Gasteiger partial charge in [-0.05, 0) is 23.6 Å². The van der Waals surface area contributed by atoms with Crippen molar-refractivity contribution in [3.05, 3.63) is 58.0 Å². The monoisotopic (exact) mass is 445 g/mol. The van der Waals surface area contributed by atoms with Crippen LogP contribution in [0.1, 0.15) is 0 Å². The van der Waals surface area contributed by atoms with Crippen LogP contribution in [0.5, 0.6) is 11.5 Å². The molecule has 0 bridgehead atoms.